The molecule has 0 aromatic rings. The van der Waals surface area contributed by atoms with Gasteiger partial charge in [-0.25, -0.2) is 0 Å². The second-order valence-corrected chi connectivity index (χ2v) is 3.70. The fraction of sp³-hybridized carbons (Fsp3) is 0.583. The Morgan fingerprint density at radius 1 is 1.42 bits per heavy atom. The summed E-state index contributed by atoms with van der Waals surface area (Å²) in [6.45, 7) is 12.5. The molecule has 0 aliphatic heterocycles. The van der Waals surface area contributed by atoms with E-state index in [1.165, 1.54) is 5.57 Å². The van der Waals surface area contributed by atoms with Crippen LogP contribution in [0.1, 0.15) is 34.1 Å². The Kier molecular flexibility index (Phi) is 5.79. The van der Waals surface area contributed by atoms with Gasteiger partial charge in [0.25, 0.3) is 0 Å². The van der Waals surface area contributed by atoms with Crippen molar-refractivity contribution >= 4 is 0 Å². The summed E-state index contributed by atoms with van der Waals surface area (Å²) in [6, 6.07) is 0. The third-order valence-corrected chi connectivity index (χ3v) is 1.73. The average Bonchev–Trinajstić information content (AvgIpc) is 1.84. The number of rotatable bonds is 4. The zero-order chi connectivity index (χ0) is 9.56. The molecule has 0 saturated heterocycles. The first-order valence-electron chi connectivity index (χ1n) is 4.69. The van der Waals surface area contributed by atoms with Crippen molar-refractivity contribution in [3.8, 4) is 0 Å². The molecule has 0 aromatic carbocycles. The van der Waals surface area contributed by atoms with Crippen LogP contribution >= 0.6 is 0 Å². The van der Waals surface area contributed by atoms with E-state index < -0.39 is 0 Å². The lowest BCUT2D eigenvalue weighted by Crippen LogP contribution is -1.92. The highest BCUT2D eigenvalue weighted by Crippen LogP contribution is 2.13. The van der Waals surface area contributed by atoms with Crippen LogP contribution in [-0.4, -0.2) is 0 Å². The summed E-state index contributed by atoms with van der Waals surface area (Å²) in [7, 11) is 0. The maximum absolute atomic E-state index is 3.94. The van der Waals surface area contributed by atoms with Gasteiger partial charge < -0.3 is 0 Å². The molecule has 0 amide bonds. The Morgan fingerprint density at radius 3 is 2.42 bits per heavy atom. The molecule has 12 heavy (non-hydrogen) atoms. The van der Waals surface area contributed by atoms with Crippen LogP contribution in [0.2, 0.25) is 0 Å². The molecule has 0 aromatic heterocycles. The Hall–Kier alpha value is -0.520. The highest BCUT2D eigenvalue weighted by atomic mass is 14.0. The fourth-order valence-corrected chi connectivity index (χ4v) is 1.46. The van der Waals surface area contributed by atoms with Crippen LogP contribution in [-0.2, 0) is 0 Å². The Morgan fingerprint density at radius 2 is 2.00 bits per heavy atom. The van der Waals surface area contributed by atoms with E-state index in [1.54, 1.807) is 0 Å². The summed E-state index contributed by atoms with van der Waals surface area (Å²) in [5.74, 6) is 1.09. The Labute approximate surface area is 77.4 Å². The molecule has 0 bridgehead atoms. The monoisotopic (exact) mass is 165 g/mol. The molecule has 69 valence electrons. The molecule has 0 heteroatoms. The minimum atomic E-state index is 0.433. The second-order valence-electron chi connectivity index (χ2n) is 3.70. The quantitative estimate of drug-likeness (QED) is 0.552. The standard InChI is InChI=1S/C12H21/c1-6-7-11(4)9-12(5)8-10(2)3/h6-8,10-11H,2,9H2,1,3-5H3/b7-6+,12-8+. The highest BCUT2D eigenvalue weighted by molar-refractivity contribution is 5.04. The van der Waals surface area contributed by atoms with Crippen LogP contribution in [0.15, 0.2) is 23.8 Å². The topological polar surface area (TPSA) is 0 Å². The lowest BCUT2D eigenvalue weighted by Gasteiger charge is -2.07. The lowest BCUT2D eigenvalue weighted by molar-refractivity contribution is 0.707. The smallest absolute Gasteiger partial charge is 0.0225 e. The van der Waals surface area contributed by atoms with Gasteiger partial charge in [-0.2, -0.15) is 0 Å². The van der Waals surface area contributed by atoms with Crippen molar-refractivity contribution in [2.45, 2.75) is 34.1 Å². The molecule has 0 nitrogen and oxygen atoms in total. The maximum Gasteiger partial charge on any atom is -0.0225 e. The first kappa shape index (κ1) is 11.5. The van der Waals surface area contributed by atoms with Gasteiger partial charge >= 0.3 is 0 Å². The molecule has 0 spiro atoms. The summed E-state index contributed by atoms with van der Waals surface area (Å²) in [6.07, 6.45) is 7.75. The second kappa shape index (κ2) is 6.05. The summed E-state index contributed by atoms with van der Waals surface area (Å²) >= 11 is 0. The van der Waals surface area contributed by atoms with Crippen molar-refractivity contribution in [1.29, 1.82) is 0 Å². The summed E-state index contributed by atoms with van der Waals surface area (Å²) in [5, 5.41) is 0. The first-order valence-corrected chi connectivity index (χ1v) is 4.69. The summed E-state index contributed by atoms with van der Waals surface area (Å²) in [5.41, 5.74) is 1.45. The van der Waals surface area contributed by atoms with Crippen molar-refractivity contribution in [1.82, 2.24) is 0 Å². The summed E-state index contributed by atoms with van der Waals surface area (Å²) in [4.78, 5) is 0. The highest BCUT2D eigenvalue weighted by Gasteiger charge is 1.98. The SMILES string of the molecule is [CH2]C(C)/C=C(\C)CC(C)/C=C/C. The number of hydrogen-bond donors (Lipinski definition) is 0. The van der Waals surface area contributed by atoms with Crippen molar-refractivity contribution in [2.24, 2.45) is 11.8 Å². The summed E-state index contributed by atoms with van der Waals surface area (Å²) < 4.78 is 0. The third kappa shape index (κ3) is 6.21. The molecule has 0 fully saturated rings. The predicted octanol–water partition coefficient (Wildman–Crippen LogP) is 4.01. The third-order valence-electron chi connectivity index (χ3n) is 1.73. The molecule has 2 atom stereocenters. The van der Waals surface area contributed by atoms with E-state index in [9.17, 15) is 0 Å². The Balaban J connectivity index is 3.91. The van der Waals surface area contributed by atoms with Gasteiger partial charge in [0.15, 0.2) is 0 Å². The van der Waals surface area contributed by atoms with E-state index >= 15 is 0 Å². The fourth-order valence-electron chi connectivity index (χ4n) is 1.46. The number of hydrogen-bond acceptors (Lipinski definition) is 0. The van der Waals surface area contributed by atoms with Gasteiger partial charge in [-0.3, -0.25) is 0 Å². The van der Waals surface area contributed by atoms with Crippen molar-refractivity contribution in [3.63, 3.8) is 0 Å². The molecule has 0 aliphatic rings. The van der Waals surface area contributed by atoms with Gasteiger partial charge in [0.05, 0.1) is 0 Å². The van der Waals surface area contributed by atoms with E-state index in [0.29, 0.717) is 11.8 Å². The zero-order valence-electron chi connectivity index (χ0n) is 8.80. The molecule has 0 heterocycles. The molecule has 2 unspecified atom stereocenters. The van der Waals surface area contributed by atoms with Gasteiger partial charge in [0.1, 0.15) is 0 Å². The molecular weight excluding hydrogens is 144 g/mol. The minimum Gasteiger partial charge on any atom is -0.0914 e. The molecule has 0 aliphatic carbocycles. The predicted molar refractivity (Wildman–Crippen MR) is 56.9 cm³/mol. The molecular formula is C12H21. The van der Waals surface area contributed by atoms with Crippen LogP contribution in [0.4, 0.5) is 0 Å². The van der Waals surface area contributed by atoms with Crippen LogP contribution in [0.3, 0.4) is 0 Å². The van der Waals surface area contributed by atoms with E-state index in [0.717, 1.165) is 6.42 Å². The van der Waals surface area contributed by atoms with Crippen LogP contribution < -0.4 is 0 Å². The van der Waals surface area contributed by atoms with Crippen molar-refractivity contribution in [3.05, 3.63) is 30.7 Å². The largest absolute Gasteiger partial charge is 0.0914 e. The van der Waals surface area contributed by atoms with Crippen molar-refractivity contribution < 1.29 is 0 Å². The van der Waals surface area contributed by atoms with E-state index in [1.807, 2.05) is 0 Å². The van der Waals surface area contributed by atoms with Crippen LogP contribution in [0, 0.1) is 18.8 Å². The van der Waals surface area contributed by atoms with E-state index in [-0.39, 0.29) is 0 Å². The van der Waals surface area contributed by atoms with E-state index in [4.69, 9.17) is 0 Å². The average molecular weight is 165 g/mol. The van der Waals surface area contributed by atoms with Gasteiger partial charge in [-0.05, 0) is 39.0 Å². The normalized spacial score (nSPS) is 16.0. The molecule has 0 saturated carbocycles. The molecule has 0 rings (SSSR count). The minimum absolute atomic E-state index is 0.433. The van der Waals surface area contributed by atoms with Gasteiger partial charge in [0, 0.05) is 0 Å². The number of allylic oxidation sites excluding steroid dienone is 4. The first-order chi connectivity index (χ1) is 5.56. The van der Waals surface area contributed by atoms with Crippen molar-refractivity contribution in [2.75, 3.05) is 0 Å². The lowest BCUT2D eigenvalue weighted by atomic mass is 9.99. The Bertz CT molecular complexity index is 161. The van der Waals surface area contributed by atoms with Gasteiger partial charge in [-0.15, -0.1) is 0 Å². The van der Waals surface area contributed by atoms with Gasteiger partial charge in [-0.1, -0.05) is 37.6 Å². The molecule has 0 N–H and O–H groups in total. The molecule has 1 radical (unpaired) electrons. The van der Waals surface area contributed by atoms with Crippen LogP contribution in [0.5, 0.6) is 0 Å². The van der Waals surface area contributed by atoms with E-state index in [2.05, 4.69) is 52.8 Å². The van der Waals surface area contributed by atoms with Crippen LogP contribution in [0.25, 0.3) is 0 Å². The maximum atomic E-state index is 3.94. The van der Waals surface area contributed by atoms with Gasteiger partial charge in [0.2, 0.25) is 0 Å². The zero-order valence-corrected chi connectivity index (χ0v) is 8.80.